The van der Waals surface area contributed by atoms with Gasteiger partial charge in [0.05, 0.1) is 19.3 Å². The molecule has 26 heavy (non-hydrogen) atoms. The van der Waals surface area contributed by atoms with Crippen LogP contribution in [0.1, 0.15) is 11.1 Å². The predicted octanol–water partition coefficient (Wildman–Crippen LogP) is 3.07. The van der Waals surface area contributed by atoms with E-state index in [9.17, 15) is 4.79 Å². The first-order valence-corrected chi connectivity index (χ1v) is 9.05. The Labute approximate surface area is 155 Å². The molecule has 138 valence electrons. The lowest BCUT2D eigenvalue weighted by Crippen LogP contribution is -2.48. The molecule has 0 radical (unpaired) electrons. The Morgan fingerprint density at radius 1 is 1.04 bits per heavy atom. The second kappa shape index (κ2) is 8.23. The number of methoxy groups -OCH3 is 1. The predicted molar refractivity (Wildman–Crippen MR) is 106 cm³/mol. The number of hydrogen-bond donors (Lipinski definition) is 1. The van der Waals surface area contributed by atoms with E-state index in [2.05, 4.69) is 34.2 Å². The Hall–Kier alpha value is -2.53. The van der Waals surface area contributed by atoms with Crippen LogP contribution in [0.25, 0.3) is 0 Å². The van der Waals surface area contributed by atoms with Crippen LogP contribution in [0.5, 0.6) is 5.75 Å². The van der Waals surface area contributed by atoms with Gasteiger partial charge in [-0.1, -0.05) is 24.3 Å². The molecule has 5 nitrogen and oxygen atoms in total. The number of rotatable bonds is 5. The Morgan fingerprint density at radius 3 is 2.50 bits per heavy atom. The number of ether oxygens (including phenoxy) is 1. The SMILES string of the molecule is COc1ccccc1N1CCN(CC(=O)Nc2cccc(C)c2C)CC1. The molecule has 0 aromatic heterocycles. The summed E-state index contributed by atoms with van der Waals surface area (Å²) < 4.78 is 5.46. The van der Waals surface area contributed by atoms with Crippen LogP contribution in [0.2, 0.25) is 0 Å². The molecule has 3 rings (SSSR count). The molecule has 2 aromatic rings. The molecule has 1 saturated heterocycles. The number of anilines is 2. The maximum atomic E-state index is 12.4. The number of hydrogen-bond acceptors (Lipinski definition) is 4. The molecular weight excluding hydrogens is 326 g/mol. The molecule has 1 heterocycles. The number of para-hydroxylation sites is 2. The summed E-state index contributed by atoms with van der Waals surface area (Å²) in [7, 11) is 1.70. The summed E-state index contributed by atoms with van der Waals surface area (Å²) in [5, 5.41) is 3.05. The Kier molecular flexibility index (Phi) is 5.78. The monoisotopic (exact) mass is 353 g/mol. The van der Waals surface area contributed by atoms with Crippen LogP contribution in [-0.4, -0.2) is 50.6 Å². The average molecular weight is 353 g/mol. The van der Waals surface area contributed by atoms with Crippen molar-refractivity contribution in [2.45, 2.75) is 13.8 Å². The van der Waals surface area contributed by atoms with E-state index < -0.39 is 0 Å². The smallest absolute Gasteiger partial charge is 0.238 e. The highest BCUT2D eigenvalue weighted by atomic mass is 16.5. The Balaban J connectivity index is 1.54. The fraction of sp³-hybridized carbons (Fsp3) is 0.381. The number of benzene rings is 2. The molecule has 0 saturated carbocycles. The molecule has 0 unspecified atom stereocenters. The molecule has 2 aromatic carbocycles. The number of amides is 1. The van der Waals surface area contributed by atoms with Gasteiger partial charge in [0.25, 0.3) is 0 Å². The summed E-state index contributed by atoms with van der Waals surface area (Å²) in [6.07, 6.45) is 0. The van der Waals surface area contributed by atoms with Crippen LogP contribution in [0.15, 0.2) is 42.5 Å². The van der Waals surface area contributed by atoms with Crippen molar-refractivity contribution in [3.63, 3.8) is 0 Å². The van der Waals surface area contributed by atoms with Crippen LogP contribution in [0.4, 0.5) is 11.4 Å². The minimum absolute atomic E-state index is 0.0458. The minimum Gasteiger partial charge on any atom is -0.495 e. The van der Waals surface area contributed by atoms with Crippen molar-refractivity contribution in [2.24, 2.45) is 0 Å². The number of carbonyl (C=O) groups excluding carboxylic acids is 1. The van der Waals surface area contributed by atoms with E-state index in [0.717, 1.165) is 48.9 Å². The zero-order chi connectivity index (χ0) is 18.5. The summed E-state index contributed by atoms with van der Waals surface area (Å²) in [5.41, 5.74) is 4.34. The maximum Gasteiger partial charge on any atom is 0.238 e. The normalized spacial score (nSPS) is 15.0. The van der Waals surface area contributed by atoms with Crippen molar-refractivity contribution >= 4 is 17.3 Å². The van der Waals surface area contributed by atoms with Crippen molar-refractivity contribution in [3.8, 4) is 5.75 Å². The zero-order valence-electron chi connectivity index (χ0n) is 15.8. The standard InChI is InChI=1S/C21H27N3O2/c1-16-7-6-8-18(17(16)2)22-21(25)15-23-11-13-24(14-12-23)19-9-4-5-10-20(19)26-3/h4-10H,11-15H2,1-3H3,(H,22,25). The van der Waals surface area contributed by atoms with Crippen LogP contribution < -0.4 is 15.0 Å². The Bertz CT molecular complexity index is 768. The highest BCUT2D eigenvalue weighted by molar-refractivity contribution is 5.93. The molecule has 5 heteroatoms. The second-order valence-corrected chi connectivity index (χ2v) is 6.73. The van der Waals surface area contributed by atoms with E-state index in [-0.39, 0.29) is 5.91 Å². The van der Waals surface area contributed by atoms with Crippen molar-refractivity contribution in [1.29, 1.82) is 0 Å². The summed E-state index contributed by atoms with van der Waals surface area (Å²) in [6.45, 7) is 8.01. The van der Waals surface area contributed by atoms with Gasteiger partial charge in [-0.05, 0) is 43.2 Å². The number of piperazine rings is 1. The summed E-state index contributed by atoms with van der Waals surface area (Å²) in [4.78, 5) is 16.9. The van der Waals surface area contributed by atoms with Gasteiger partial charge in [0.15, 0.2) is 0 Å². The number of carbonyl (C=O) groups is 1. The van der Waals surface area contributed by atoms with Crippen LogP contribution in [0.3, 0.4) is 0 Å². The fourth-order valence-corrected chi connectivity index (χ4v) is 3.32. The summed E-state index contributed by atoms with van der Waals surface area (Å²) in [6, 6.07) is 14.1. The van der Waals surface area contributed by atoms with Crippen LogP contribution >= 0.6 is 0 Å². The van der Waals surface area contributed by atoms with E-state index >= 15 is 0 Å². The Morgan fingerprint density at radius 2 is 1.77 bits per heavy atom. The van der Waals surface area contributed by atoms with Gasteiger partial charge in [0, 0.05) is 31.9 Å². The highest BCUT2D eigenvalue weighted by Crippen LogP contribution is 2.28. The lowest BCUT2D eigenvalue weighted by molar-refractivity contribution is -0.117. The zero-order valence-corrected chi connectivity index (χ0v) is 15.8. The van der Waals surface area contributed by atoms with Gasteiger partial charge in [-0.2, -0.15) is 0 Å². The quantitative estimate of drug-likeness (QED) is 0.897. The van der Waals surface area contributed by atoms with Crippen molar-refractivity contribution in [2.75, 3.05) is 50.1 Å². The molecule has 1 amide bonds. The first-order chi connectivity index (χ1) is 12.6. The molecule has 1 N–H and O–H groups in total. The van der Waals surface area contributed by atoms with Gasteiger partial charge in [-0.25, -0.2) is 0 Å². The minimum atomic E-state index is 0.0458. The third-order valence-electron chi connectivity index (χ3n) is 5.04. The average Bonchev–Trinajstić information content (AvgIpc) is 2.66. The van der Waals surface area contributed by atoms with Crippen molar-refractivity contribution in [3.05, 3.63) is 53.6 Å². The molecule has 0 spiro atoms. The van der Waals surface area contributed by atoms with Crippen LogP contribution in [0, 0.1) is 13.8 Å². The third-order valence-corrected chi connectivity index (χ3v) is 5.04. The lowest BCUT2D eigenvalue weighted by atomic mass is 10.1. The number of nitrogens with zero attached hydrogens (tertiary/aromatic N) is 2. The van der Waals surface area contributed by atoms with E-state index in [0.29, 0.717) is 6.54 Å². The number of aryl methyl sites for hydroxylation is 1. The molecule has 1 fully saturated rings. The molecule has 0 bridgehead atoms. The van der Waals surface area contributed by atoms with Gasteiger partial charge in [0.2, 0.25) is 5.91 Å². The second-order valence-electron chi connectivity index (χ2n) is 6.73. The first kappa shape index (κ1) is 18.3. The molecular formula is C21H27N3O2. The fourth-order valence-electron chi connectivity index (χ4n) is 3.32. The first-order valence-electron chi connectivity index (χ1n) is 9.05. The van der Waals surface area contributed by atoms with Gasteiger partial charge >= 0.3 is 0 Å². The maximum absolute atomic E-state index is 12.4. The summed E-state index contributed by atoms with van der Waals surface area (Å²) >= 11 is 0. The molecule has 0 aliphatic carbocycles. The molecule has 1 aliphatic rings. The van der Waals surface area contributed by atoms with Gasteiger partial charge in [0.1, 0.15) is 5.75 Å². The van der Waals surface area contributed by atoms with Gasteiger partial charge in [-0.15, -0.1) is 0 Å². The summed E-state index contributed by atoms with van der Waals surface area (Å²) in [5.74, 6) is 0.943. The third kappa shape index (κ3) is 4.17. The van der Waals surface area contributed by atoms with Crippen molar-refractivity contribution < 1.29 is 9.53 Å². The topological polar surface area (TPSA) is 44.8 Å². The largest absolute Gasteiger partial charge is 0.495 e. The van der Waals surface area contributed by atoms with Gasteiger partial charge in [-0.3, -0.25) is 9.69 Å². The lowest BCUT2D eigenvalue weighted by Gasteiger charge is -2.36. The highest BCUT2D eigenvalue weighted by Gasteiger charge is 2.21. The number of nitrogens with one attached hydrogen (secondary N) is 1. The van der Waals surface area contributed by atoms with Crippen molar-refractivity contribution in [1.82, 2.24) is 4.90 Å². The van der Waals surface area contributed by atoms with Gasteiger partial charge < -0.3 is 15.0 Å². The molecule has 0 atom stereocenters. The van der Waals surface area contributed by atoms with E-state index in [4.69, 9.17) is 4.74 Å². The van der Waals surface area contributed by atoms with E-state index in [1.165, 1.54) is 5.56 Å². The van der Waals surface area contributed by atoms with E-state index in [1.54, 1.807) is 7.11 Å². The van der Waals surface area contributed by atoms with Crippen LogP contribution in [-0.2, 0) is 4.79 Å². The van der Waals surface area contributed by atoms with E-state index in [1.807, 2.05) is 37.3 Å². The molecule has 1 aliphatic heterocycles.